The third kappa shape index (κ3) is 5.10. The van der Waals surface area contributed by atoms with Gasteiger partial charge in [-0.15, -0.1) is 0 Å². The van der Waals surface area contributed by atoms with Gasteiger partial charge in [-0.3, -0.25) is 4.79 Å². The number of ether oxygens (including phenoxy) is 1. The van der Waals surface area contributed by atoms with Crippen LogP contribution in [-0.4, -0.2) is 37.0 Å². The normalized spacial score (nSPS) is 11.2. The van der Waals surface area contributed by atoms with E-state index in [1.165, 1.54) is 6.07 Å². The van der Waals surface area contributed by atoms with Crippen LogP contribution in [0.3, 0.4) is 0 Å². The van der Waals surface area contributed by atoms with E-state index in [1.54, 1.807) is 49.4 Å². The molecule has 1 heterocycles. The van der Waals surface area contributed by atoms with Gasteiger partial charge in [0.2, 0.25) is 5.91 Å². The number of benzene rings is 2. The first-order valence-corrected chi connectivity index (χ1v) is 10.8. The van der Waals surface area contributed by atoms with E-state index in [2.05, 4.69) is 4.98 Å². The SMILES string of the molecule is CCOc1oc(C(=O)O)nc1Cc1ccc(-c2ccccc2S(=O)(=O)NC(C)=O)cc1. The zero-order chi connectivity index (χ0) is 22.6. The van der Waals surface area contributed by atoms with E-state index < -0.39 is 27.8 Å². The highest BCUT2D eigenvalue weighted by Crippen LogP contribution is 2.29. The van der Waals surface area contributed by atoms with E-state index >= 15 is 0 Å². The maximum atomic E-state index is 12.5. The summed E-state index contributed by atoms with van der Waals surface area (Å²) in [6.45, 7) is 3.17. The number of carbonyl (C=O) groups is 2. The molecular formula is C21H20N2O7S. The molecule has 31 heavy (non-hydrogen) atoms. The molecule has 9 nitrogen and oxygen atoms in total. The van der Waals surface area contributed by atoms with Gasteiger partial charge in [0.1, 0.15) is 5.69 Å². The van der Waals surface area contributed by atoms with Crippen LogP contribution in [0.5, 0.6) is 5.95 Å². The number of carbonyl (C=O) groups excluding carboxylic acids is 1. The van der Waals surface area contributed by atoms with E-state index in [9.17, 15) is 18.0 Å². The van der Waals surface area contributed by atoms with Crippen LogP contribution in [0, 0.1) is 0 Å². The Balaban J connectivity index is 1.91. The van der Waals surface area contributed by atoms with Crippen molar-refractivity contribution in [2.24, 2.45) is 0 Å². The van der Waals surface area contributed by atoms with Gasteiger partial charge < -0.3 is 14.3 Å². The first kappa shape index (κ1) is 22.0. The number of oxazole rings is 1. The number of sulfonamides is 1. The number of rotatable bonds is 8. The quantitative estimate of drug-likeness (QED) is 0.541. The number of nitrogens with one attached hydrogen (secondary N) is 1. The Bertz CT molecular complexity index is 1210. The van der Waals surface area contributed by atoms with Gasteiger partial charge in [-0.2, -0.15) is 0 Å². The summed E-state index contributed by atoms with van der Waals surface area (Å²) in [5.74, 6) is -2.37. The summed E-state index contributed by atoms with van der Waals surface area (Å²) in [6, 6.07) is 13.3. The van der Waals surface area contributed by atoms with Crippen molar-refractivity contribution >= 4 is 21.9 Å². The highest BCUT2D eigenvalue weighted by atomic mass is 32.2. The largest absolute Gasteiger partial charge is 0.474 e. The maximum absolute atomic E-state index is 12.5. The monoisotopic (exact) mass is 444 g/mol. The van der Waals surface area contributed by atoms with Gasteiger partial charge in [0.15, 0.2) is 0 Å². The van der Waals surface area contributed by atoms with E-state index in [0.29, 0.717) is 23.4 Å². The summed E-state index contributed by atoms with van der Waals surface area (Å²) in [5.41, 5.74) is 2.20. The number of amides is 1. The smallest absolute Gasteiger partial charge is 0.392 e. The molecule has 0 aliphatic carbocycles. The van der Waals surface area contributed by atoms with Gasteiger partial charge in [-0.05, 0) is 24.1 Å². The topological polar surface area (TPSA) is 136 Å². The minimum absolute atomic E-state index is 0.0146. The predicted molar refractivity (Wildman–Crippen MR) is 110 cm³/mol. The molecule has 162 valence electrons. The zero-order valence-corrected chi connectivity index (χ0v) is 17.6. The molecule has 0 saturated carbocycles. The molecule has 1 aromatic heterocycles. The van der Waals surface area contributed by atoms with E-state index in [1.807, 2.05) is 4.72 Å². The molecule has 0 aliphatic heterocycles. The van der Waals surface area contributed by atoms with Gasteiger partial charge >= 0.3 is 17.8 Å². The number of hydrogen-bond donors (Lipinski definition) is 2. The molecule has 1 amide bonds. The van der Waals surface area contributed by atoms with Crippen LogP contribution in [-0.2, 0) is 21.2 Å². The third-order valence-corrected chi connectivity index (χ3v) is 5.70. The van der Waals surface area contributed by atoms with Gasteiger partial charge in [-0.25, -0.2) is 22.9 Å². The van der Waals surface area contributed by atoms with Crippen LogP contribution in [0.1, 0.15) is 35.8 Å². The highest BCUT2D eigenvalue weighted by Gasteiger charge is 2.21. The Morgan fingerprint density at radius 2 is 1.81 bits per heavy atom. The summed E-state index contributed by atoms with van der Waals surface area (Å²) in [7, 11) is -4.01. The van der Waals surface area contributed by atoms with Gasteiger partial charge in [0.25, 0.3) is 10.0 Å². The molecule has 10 heteroatoms. The molecule has 0 fully saturated rings. The fourth-order valence-corrected chi connectivity index (χ4v) is 4.19. The zero-order valence-electron chi connectivity index (χ0n) is 16.8. The maximum Gasteiger partial charge on any atom is 0.392 e. The van der Waals surface area contributed by atoms with Crippen molar-refractivity contribution in [3.63, 3.8) is 0 Å². The predicted octanol–water partition coefficient (Wildman–Crippen LogP) is 2.85. The first-order chi connectivity index (χ1) is 14.7. The lowest BCUT2D eigenvalue weighted by atomic mass is 10.0. The van der Waals surface area contributed by atoms with Crippen LogP contribution >= 0.6 is 0 Å². The fraction of sp³-hybridized carbons (Fsp3) is 0.190. The molecule has 0 unspecified atom stereocenters. The molecule has 0 bridgehead atoms. The number of nitrogens with zero attached hydrogens (tertiary/aromatic N) is 1. The van der Waals surface area contributed by atoms with Gasteiger partial charge in [0, 0.05) is 18.9 Å². The van der Waals surface area contributed by atoms with Crippen molar-refractivity contribution < 1.29 is 32.3 Å². The van der Waals surface area contributed by atoms with Crippen LogP contribution in [0.25, 0.3) is 11.1 Å². The minimum Gasteiger partial charge on any atom is -0.474 e. The molecule has 0 spiro atoms. The Morgan fingerprint density at radius 1 is 1.13 bits per heavy atom. The van der Waals surface area contributed by atoms with Gasteiger partial charge in [-0.1, -0.05) is 42.5 Å². The summed E-state index contributed by atoms with van der Waals surface area (Å²) in [5, 5.41) is 9.08. The van der Waals surface area contributed by atoms with Crippen molar-refractivity contribution in [3.05, 3.63) is 65.7 Å². The summed E-state index contributed by atoms with van der Waals surface area (Å²) < 4.78 is 37.4. The second-order valence-electron chi connectivity index (χ2n) is 6.52. The van der Waals surface area contributed by atoms with Crippen LogP contribution in [0.15, 0.2) is 57.8 Å². The van der Waals surface area contributed by atoms with Crippen LogP contribution in [0.2, 0.25) is 0 Å². The summed E-state index contributed by atoms with van der Waals surface area (Å²) in [6.07, 6.45) is 0.262. The van der Waals surface area contributed by atoms with Crippen molar-refractivity contribution in [2.45, 2.75) is 25.2 Å². The third-order valence-electron chi connectivity index (χ3n) is 4.21. The van der Waals surface area contributed by atoms with Crippen molar-refractivity contribution in [1.82, 2.24) is 9.71 Å². The molecule has 2 N–H and O–H groups in total. The minimum atomic E-state index is -4.01. The number of hydrogen-bond acceptors (Lipinski definition) is 7. The molecule has 2 aromatic carbocycles. The Morgan fingerprint density at radius 3 is 2.42 bits per heavy atom. The molecule has 3 rings (SSSR count). The Kier molecular flexibility index (Phi) is 6.40. The Hall–Kier alpha value is -3.66. The van der Waals surface area contributed by atoms with Crippen LogP contribution < -0.4 is 9.46 Å². The second kappa shape index (κ2) is 9.00. The molecule has 0 aliphatic rings. The lowest BCUT2D eigenvalue weighted by molar-refractivity contribution is -0.117. The molecule has 0 saturated heterocycles. The first-order valence-electron chi connectivity index (χ1n) is 9.28. The van der Waals surface area contributed by atoms with E-state index in [-0.39, 0.29) is 17.3 Å². The number of carboxylic acid groups (broad SMARTS) is 1. The van der Waals surface area contributed by atoms with Gasteiger partial charge in [0.05, 0.1) is 11.5 Å². The number of aromatic nitrogens is 1. The number of aromatic carboxylic acids is 1. The molecular weight excluding hydrogens is 424 g/mol. The standard InChI is InChI=1S/C21H20N2O7S/c1-3-29-21-17(22-19(30-21)20(25)26)12-14-8-10-15(11-9-14)16-6-4-5-7-18(16)31(27,28)23-13(2)24/h4-11H,3,12H2,1-2H3,(H,23,24)(H,25,26). The lowest BCUT2D eigenvalue weighted by Gasteiger charge is -2.11. The van der Waals surface area contributed by atoms with Crippen molar-refractivity contribution in [3.8, 4) is 17.1 Å². The summed E-state index contributed by atoms with van der Waals surface area (Å²) >= 11 is 0. The van der Waals surface area contributed by atoms with Crippen LogP contribution in [0.4, 0.5) is 0 Å². The van der Waals surface area contributed by atoms with E-state index in [4.69, 9.17) is 14.3 Å². The molecule has 0 radical (unpaired) electrons. The molecule has 3 aromatic rings. The number of carboxylic acids is 1. The highest BCUT2D eigenvalue weighted by molar-refractivity contribution is 7.90. The average molecular weight is 444 g/mol. The van der Waals surface area contributed by atoms with Crippen molar-refractivity contribution in [1.29, 1.82) is 0 Å². The van der Waals surface area contributed by atoms with Crippen molar-refractivity contribution in [2.75, 3.05) is 6.61 Å². The Labute approximate surface area is 178 Å². The van der Waals surface area contributed by atoms with E-state index in [0.717, 1.165) is 12.5 Å². The summed E-state index contributed by atoms with van der Waals surface area (Å²) in [4.78, 5) is 26.3. The second-order valence-corrected chi connectivity index (χ2v) is 8.17. The average Bonchev–Trinajstić information content (AvgIpc) is 3.11. The lowest BCUT2D eigenvalue weighted by Crippen LogP contribution is -2.28. The molecule has 0 atom stereocenters. The fourth-order valence-electron chi connectivity index (χ4n) is 2.96.